The quantitative estimate of drug-likeness (QED) is 0.662. The SMILES string of the molecule is C/C(=N/NC(=O)c1ccccc1[O-])c1ccc(C(=O)O)s1. The number of nitrogens with zero attached hydrogens (tertiary/aromatic N) is 1. The van der Waals surface area contributed by atoms with Gasteiger partial charge in [0.05, 0.1) is 10.6 Å². The molecule has 0 saturated heterocycles. The Labute approximate surface area is 124 Å². The van der Waals surface area contributed by atoms with Crippen LogP contribution in [0.15, 0.2) is 41.5 Å². The van der Waals surface area contributed by atoms with E-state index in [-0.39, 0.29) is 16.2 Å². The van der Waals surface area contributed by atoms with Crippen molar-refractivity contribution >= 4 is 28.9 Å². The highest BCUT2D eigenvalue weighted by molar-refractivity contribution is 7.15. The molecule has 0 atom stereocenters. The van der Waals surface area contributed by atoms with Gasteiger partial charge in [-0.25, -0.2) is 10.2 Å². The highest BCUT2D eigenvalue weighted by atomic mass is 32.1. The molecule has 6 nitrogen and oxygen atoms in total. The standard InChI is InChI=1S/C14H12N2O4S/c1-8(11-6-7-12(21-11)14(19)20)15-16-13(18)9-4-2-3-5-10(9)17/h2-7,17H,1H3,(H,16,18)(H,19,20)/p-1/b15-8-. The van der Waals surface area contributed by atoms with Crippen molar-refractivity contribution in [3.63, 3.8) is 0 Å². The second kappa shape index (κ2) is 6.19. The number of thiophene rings is 1. The number of aromatic carboxylic acids is 1. The number of hydrazone groups is 1. The third-order valence-electron chi connectivity index (χ3n) is 2.63. The summed E-state index contributed by atoms with van der Waals surface area (Å²) in [6.45, 7) is 1.64. The Bertz CT molecular complexity index is 721. The van der Waals surface area contributed by atoms with E-state index in [1.807, 2.05) is 0 Å². The Morgan fingerprint density at radius 3 is 2.48 bits per heavy atom. The molecule has 0 bridgehead atoms. The first-order chi connectivity index (χ1) is 9.99. The molecule has 0 aliphatic carbocycles. The van der Waals surface area contributed by atoms with Crippen LogP contribution >= 0.6 is 11.3 Å². The van der Waals surface area contributed by atoms with Gasteiger partial charge in [0, 0.05) is 5.56 Å². The van der Waals surface area contributed by atoms with Crippen molar-refractivity contribution in [1.29, 1.82) is 0 Å². The molecule has 0 unspecified atom stereocenters. The smallest absolute Gasteiger partial charge is 0.345 e. The van der Waals surface area contributed by atoms with E-state index in [1.54, 1.807) is 25.1 Å². The molecule has 0 radical (unpaired) electrons. The monoisotopic (exact) mass is 303 g/mol. The van der Waals surface area contributed by atoms with Gasteiger partial charge >= 0.3 is 5.97 Å². The highest BCUT2D eigenvalue weighted by Crippen LogP contribution is 2.17. The molecule has 0 aliphatic heterocycles. The van der Waals surface area contributed by atoms with Gasteiger partial charge < -0.3 is 10.2 Å². The summed E-state index contributed by atoms with van der Waals surface area (Å²) in [5, 5.41) is 24.2. The molecule has 1 aromatic heterocycles. The number of rotatable bonds is 4. The fourth-order valence-corrected chi connectivity index (χ4v) is 2.34. The molecule has 2 rings (SSSR count). The average Bonchev–Trinajstić information content (AvgIpc) is 2.95. The van der Waals surface area contributed by atoms with E-state index < -0.39 is 11.9 Å². The summed E-state index contributed by atoms with van der Waals surface area (Å²) in [6, 6.07) is 8.93. The maximum atomic E-state index is 11.8. The molecule has 108 valence electrons. The number of amides is 1. The number of hydrogen-bond donors (Lipinski definition) is 2. The minimum atomic E-state index is -1.01. The molecule has 2 aromatic rings. The second-order valence-electron chi connectivity index (χ2n) is 4.10. The number of para-hydroxylation sites is 1. The maximum absolute atomic E-state index is 11.8. The molecule has 0 fully saturated rings. The van der Waals surface area contributed by atoms with E-state index in [2.05, 4.69) is 10.5 Å². The van der Waals surface area contributed by atoms with Gasteiger partial charge in [-0.1, -0.05) is 30.0 Å². The molecule has 0 saturated carbocycles. The van der Waals surface area contributed by atoms with E-state index in [4.69, 9.17) is 5.11 Å². The van der Waals surface area contributed by atoms with Crippen LogP contribution in [0.5, 0.6) is 5.75 Å². The van der Waals surface area contributed by atoms with E-state index in [0.717, 1.165) is 11.3 Å². The molecular weight excluding hydrogens is 292 g/mol. The van der Waals surface area contributed by atoms with Crippen LogP contribution in [-0.2, 0) is 0 Å². The van der Waals surface area contributed by atoms with Crippen LogP contribution in [0.3, 0.4) is 0 Å². The van der Waals surface area contributed by atoms with Crippen LogP contribution in [0.25, 0.3) is 0 Å². The van der Waals surface area contributed by atoms with Gasteiger partial charge in [-0.2, -0.15) is 5.10 Å². The van der Waals surface area contributed by atoms with Gasteiger partial charge in [0.2, 0.25) is 0 Å². The van der Waals surface area contributed by atoms with Crippen molar-refractivity contribution in [2.75, 3.05) is 0 Å². The zero-order chi connectivity index (χ0) is 15.4. The summed E-state index contributed by atoms with van der Waals surface area (Å²) >= 11 is 1.06. The molecule has 0 spiro atoms. The van der Waals surface area contributed by atoms with Crippen molar-refractivity contribution in [1.82, 2.24) is 5.43 Å². The summed E-state index contributed by atoms with van der Waals surface area (Å²) < 4.78 is 0. The molecule has 21 heavy (non-hydrogen) atoms. The molecule has 7 heteroatoms. The first kappa shape index (κ1) is 14.7. The van der Waals surface area contributed by atoms with Crippen molar-refractivity contribution in [2.24, 2.45) is 5.10 Å². The van der Waals surface area contributed by atoms with E-state index in [0.29, 0.717) is 10.6 Å². The Hall–Kier alpha value is -2.67. The molecular formula is C14H11N2O4S-. The van der Waals surface area contributed by atoms with E-state index in [9.17, 15) is 14.7 Å². The Morgan fingerprint density at radius 1 is 1.19 bits per heavy atom. The Balaban J connectivity index is 2.11. The number of carbonyl (C=O) groups is 2. The van der Waals surface area contributed by atoms with Gasteiger partial charge in [-0.05, 0) is 19.1 Å². The van der Waals surface area contributed by atoms with Crippen LogP contribution < -0.4 is 10.5 Å². The minimum Gasteiger partial charge on any atom is -0.872 e. The van der Waals surface area contributed by atoms with Crippen molar-refractivity contribution in [3.8, 4) is 5.75 Å². The largest absolute Gasteiger partial charge is 0.872 e. The van der Waals surface area contributed by atoms with Crippen LogP contribution in [0.4, 0.5) is 0 Å². The molecule has 1 aromatic carbocycles. The molecule has 0 aliphatic rings. The summed E-state index contributed by atoms with van der Waals surface area (Å²) in [5.74, 6) is -1.99. The minimum absolute atomic E-state index is 0.00598. The van der Waals surface area contributed by atoms with Crippen LogP contribution in [0, 0.1) is 0 Å². The van der Waals surface area contributed by atoms with Crippen LogP contribution in [0.1, 0.15) is 31.8 Å². The molecule has 1 amide bonds. The average molecular weight is 303 g/mol. The van der Waals surface area contributed by atoms with Gasteiger partial charge in [-0.15, -0.1) is 11.3 Å². The van der Waals surface area contributed by atoms with Crippen molar-refractivity contribution < 1.29 is 19.8 Å². The fraction of sp³-hybridized carbons (Fsp3) is 0.0714. The first-order valence-corrected chi connectivity index (χ1v) is 6.75. The van der Waals surface area contributed by atoms with Crippen molar-refractivity contribution in [3.05, 3.63) is 51.7 Å². The van der Waals surface area contributed by atoms with E-state index >= 15 is 0 Å². The summed E-state index contributed by atoms with van der Waals surface area (Å²) in [6.07, 6.45) is 0. The Kier molecular flexibility index (Phi) is 4.34. The van der Waals surface area contributed by atoms with Crippen molar-refractivity contribution in [2.45, 2.75) is 6.92 Å². The first-order valence-electron chi connectivity index (χ1n) is 5.93. The fourth-order valence-electron chi connectivity index (χ4n) is 1.55. The van der Waals surface area contributed by atoms with Gasteiger partial charge in [0.25, 0.3) is 5.91 Å². The lowest BCUT2D eigenvalue weighted by atomic mass is 10.2. The zero-order valence-electron chi connectivity index (χ0n) is 11.0. The summed E-state index contributed by atoms with van der Waals surface area (Å²) in [5.41, 5.74) is 2.75. The van der Waals surface area contributed by atoms with E-state index in [1.165, 1.54) is 18.2 Å². The van der Waals surface area contributed by atoms with Gasteiger partial charge in [0.15, 0.2) is 0 Å². The lowest BCUT2D eigenvalue weighted by Crippen LogP contribution is -2.20. The molecule has 1 heterocycles. The number of carbonyl (C=O) groups excluding carboxylic acids is 1. The van der Waals surface area contributed by atoms with Crippen LogP contribution in [0.2, 0.25) is 0 Å². The predicted molar refractivity (Wildman–Crippen MR) is 76.8 cm³/mol. The zero-order valence-corrected chi connectivity index (χ0v) is 11.8. The number of hydrogen-bond acceptors (Lipinski definition) is 5. The second-order valence-corrected chi connectivity index (χ2v) is 5.19. The number of benzene rings is 1. The lowest BCUT2D eigenvalue weighted by molar-refractivity contribution is -0.268. The normalized spacial score (nSPS) is 11.2. The molecule has 2 N–H and O–H groups in total. The van der Waals surface area contributed by atoms with Gasteiger partial charge in [-0.3, -0.25) is 4.79 Å². The Morgan fingerprint density at radius 2 is 1.86 bits per heavy atom. The summed E-state index contributed by atoms with van der Waals surface area (Å²) in [7, 11) is 0. The summed E-state index contributed by atoms with van der Waals surface area (Å²) in [4.78, 5) is 23.4. The number of carboxylic acid groups (broad SMARTS) is 1. The van der Waals surface area contributed by atoms with Gasteiger partial charge in [0.1, 0.15) is 4.88 Å². The number of carboxylic acids is 1. The predicted octanol–water partition coefficient (Wildman–Crippen LogP) is 1.67. The third-order valence-corrected chi connectivity index (χ3v) is 3.81. The third kappa shape index (κ3) is 3.46. The maximum Gasteiger partial charge on any atom is 0.345 e. The highest BCUT2D eigenvalue weighted by Gasteiger charge is 2.09. The topological polar surface area (TPSA) is 102 Å². The lowest BCUT2D eigenvalue weighted by Gasteiger charge is -2.10. The van der Waals surface area contributed by atoms with Crippen LogP contribution in [-0.4, -0.2) is 22.7 Å². The number of nitrogens with one attached hydrogen (secondary N) is 1.